The van der Waals surface area contributed by atoms with E-state index in [-0.39, 0.29) is 5.91 Å². The molecule has 138 valence electrons. The molecule has 3 aromatic rings. The fourth-order valence-corrected chi connectivity index (χ4v) is 3.23. The lowest BCUT2D eigenvalue weighted by Crippen LogP contribution is -2.33. The van der Waals surface area contributed by atoms with Gasteiger partial charge in [0.05, 0.1) is 24.9 Å². The van der Waals surface area contributed by atoms with Crippen LogP contribution >= 0.6 is 15.9 Å². The molecule has 0 aliphatic heterocycles. The van der Waals surface area contributed by atoms with Crippen molar-refractivity contribution in [3.05, 3.63) is 94.2 Å². The van der Waals surface area contributed by atoms with E-state index >= 15 is 0 Å². The first-order chi connectivity index (χ1) is 13.2. The summed E-state index contributed by atoms with van der Waals surface area (Å²) in [6.07, 6.45) is 2.53. The van der Waals surface area contributed by atoms with Crippen LogP contribution in [0, 0.1) is 0 Å². The Kier molecular flexibility index (Phi) is 6.60. The minimum atomic E-state index is -0.0534. The van der Waals surface area contributed by atoms with Crippen molar-refractivity contribution >= 4 is 21.8 Å². The van der Waals surface area contributed by atoms with Gasteiger partial charge in [-0.15, -0.1) is 0 Å². The second kappa shape index (κ2) is 9.33. The smallest absolute Gasteiger partial charge is 0.255 e. The Morgan fingerprint density at radius 1 is 1.07 bits per heavy atom. The number of benzene rings is 2. The normalized spacial score (nSPS) is 10.4. The summed E-state index contributed by atoms with van der Waals surface area (Å²) in [4.78, 5) is 19.5. The fourth-order valence-electron chi connectivity index (χ4n) is 2.81. The van der Waals surface area contributed by atoms with Crippen molar-refractivity contribution in [3.8, 4) is 5.75 Å². The number of pyridine rings is 1. The van der Waals surface area contributed by atoms with Crippen molar-refractivity contribution in [2.45, 2.75) is 13.0 Å². The number of ether oxygens (including phenoxy) is 1. The van der Waals surface area contributed by atoms with Crippen molar-refractivity contribution in [1.29, 1.82) is 0 Å². The number of halogens is 1. The zero-order valence-electron chi connectivity index (χ0n) is 15.1. The van der Waals surface area contributed by atoms with Crippen molar-refractivity contribution in [3.63, 3.8) is 0 Å². The van der Waals surface area contributed by atoms with Crippen LogP contribution in [0.15, 0.2) is 77.4 Å². The molecule has 3 rings (SSSR count). The molecule has 2 aromatic carbocycles. The van der Waals surface area contributed by atoms with E-state index in [2.05, 4.69) is 33.0 Å². The Hall–Kier alpha value is -2.66. The van der Waals surface area contributed by atoms with Gasteiger partial charge < -0.3 is 9.64 Å². The third kappa shape index (κ3) is 5.17. The monoisotopic (exact) mass is 424 g/mol. The van der Waals surface area contributed by atoms with Gasteiger partial charge in [-0.1, -0.05) is 36.4 Å². The molecule has 4 nitrogen and oxygen atoms in total. The quantitative estimate of drug-likeness (QED) is 0.549. The summed E-state index contributed by atoms with van der Waals surface area (Å²) in [6, 6.07) is 21.3. The Bertz CT molecular complexity index is 885. The fraction of sp³-hybridized carbons (Fsp3) is 0.182. The second-order valence-corrected chi connectivity index (χ2v) is 6.98. The predicted molar refractivity (Wildman–Crippen MR) is 110 cm³/mol. The van der Waals surface area contributed by atoms with Gasteiger partial charge in [0, 0.05) is 17.2 Å². The van der Waals surface area contributed by atoms with Crippen LogP contribution in [-0.4, -0.2) is 29.4 Å². The number of carbonyl (C=O) groups excluding carboxylic acids is 1. The molecule has 0 atom stereocenters. The molecule has 1 aromatic heterocycles. The summed E-state index contributed by atoms with van der Waals surface area (Å²) in [5.74, 6) is 0.602. The third-order valence-electron chi connectivity index (χ3n) is 4.28. The SMILES string of the molecule is COc1ccc(Br)c(C(=O)N(CCc2ccccc2)Cc2ccccn2)c1. The van der Waals surface area contributed by atoms with Crippen LogP contribution in [-0.2, 0) is 13.0 Å². The van der Waals surface area contributed by atoms with Gasteiger partial charge in [-0.2, -0.15) is 0 Å². The van der Waals surface area contributed by atoms with Crippen LogP contribution in [0.25, 0.3) is 0 Å². The van der Waals surface area contributed by atoms with E-state index in [4.69, 9.17) is 4.74 Å². The average Bonchev–Trinajstić information content (AvgIpc) is 2.72. The molecule has 0 saturated heterocycles. The van der Waals surface area contributed by atoms with E-state index in [1.807, 2.05) is 53.4 Å². The van der Waals surface area contributed by atoms with Crippen LogP contribution in [0.5, 0.6) is 5.75 Å². The van der Waals surface area contributed by atoms with Gasteiger partial charge in [-0.3, -0.25) is 9.78 Å². The van der Waals surface area contributed by atoms with Crippen LogP contribution in [0.4, 0.5) is 0 Å². The van der Waals surface area contributed by atoms with Gasteiger partial charge >= 0.3 is 0 Å². The summed E-state index contributed by atoms with van der Waals surface area (Å²) in [7, 11) is 1.60. The minimum Gasteiger partial charge on any atom is -0.497 e. The zero-order chi connectivity index (χ0) is 19.1. The van der Waals surface area contributed by atoms with Gasteiger partial charge in [0.25, 0.3) is 5.91 Å². The number of nitrogens with zero attached hydrogens (tertiary/aromatic N) is 2. The molecule has 0 N–H and O–H groups in total. The van der Waals surface area contributed by atoms with Crippen LogP contribution < -0.4 is 4.74 Å². The average molecular weight is 425 g/mol. The van der Waals surface area contributed by atoms with Crippen LogP contribution in [0.1, 0.15) is 21.6 Å². The van der Waals surface area contributed by atoms with Crippen molar-refractivity contribution in [1.82, 2.24) is 9.88 Å². The number of methoxy groups -OCH3 is 1. The van der Waals surface area contributed by atoms with Crippen LogP contribution in [0.2, 0.25) is 0 Å². The van der Waals surface area contributed by atoms with Gasteiger partial charge in [-0.05, 0) is 58.2 Å². The third-order valence-corrected chi connectivity index (χ3v) is 4.97. The highest BCUT2D eigenvalue weighted by molar-refractivity contribution is 9.10. The Morgan fingerprint density at radius 2 is 1.85 bits per heavy atom. The molecule has 0 aliphatic rings. The molecule has 27 heavy (non-hydrogen) atoms. The lowest BCUT2D eigenvalue weighted by Gasteiger charge is -2.23. The highest BCUT2D eigenvalue weighted by Gasteiger charge is 2.20. The maximum Gasteiger partial charge on any atom is 0.255 e. The second-order valence-electron chi connectivity index (χ2n) is 6.13. The maximum absolute atomic E-state index is 13.3. The Morgan fingerprint density at radius 3 is 2.56 bits per heavy atom. The molecule has 0 saturated carbocycles. The van der Waals surface area contributed by atoms with E-state index in [1.165, 1.54) is 5.56 Å². The number of amides is 1. The highest BCUT2D eigenvalue weighted by atomic mass is 79.9. The number of carbonyl (C=O) groups is 1. The topological polar surface area (TPSA) is 42.4 Å². The van der Waals surface area contributed by atoms with Crippen molar-refractivity contribution in [2.75, 3.05) is 13.7 Å². The Labute approximate surface area is 167 Å². The summed E-state index contributed by atoms with van der Waals surface area (Å²) in [5, 5.41) is 0. The number of hydrogen-bond acceptors (Lipinski definition) is 3. The molecular weight excluding hydrogens is 404 g/mol. The number of hydrogen-bond donors (Lipinski definition) is 0. The van der Waals surface area contributed by atoms with E-state index in [1.54, 1.807) is 19.4 Å². The maximum atomic E-state index is 13.3. The first-order valence-corrected chi connectivity index (χ1v) is 9.53. The van der Waals surface area contributed by atoms with Gasteiger partial charge in [0.1, 0.15) is 5.75 Å². The lowest BCUT2D eigenvalue weighted by atomic mass is 10.1. The predicted octanol–water partition coefficient (Wildman–Crippen LogP) is 4.74. The molecular formula is C22H21BrN2O2. The molecule has 0 aliphatic carbocycles. The molecule has 0 radical (unpaired) electrons. The van der Waals surface area contributed by atoms with E-state index in [9.17, 15) is 4.79 Å². The molecule has 5 heteroatoms. The van der Waals surface area contributed by atoms with Gasteiger partial charge in [0.15, 0.2) is 0 Å². The number of aromatic nitrogens is 1. The zero-order valence-corrected chi connectivity index (χ0v) is 16.7. The summed E-state index contributed by atoms with van der Waals surface area (Å²) < 4.78 is 6.03. The molecule has 0 spiro atoms. The molecule has 0 bridgehead atoms. The molecule has 0 fully saturated rings. The largest absolute Gasteiger partial charge is 0.497 e. The Balaban J connectivity index is 1.84. The molecule has 0 unspecified atom stereocenters. The van der Waals surface area contributed by atoms with Gasteiger partial charge in [-0.25, -0.2) is 0 Å². The van der Waals surface area contributed by atoms with Gasteiger partial charge in [0.2, 0.25) is 0 Å². The standard InChI is InChI=1S/C22H21BrN2O2/c1-27-19-10-11-21(23)20(15-19)22(26)25(16-18-9-5-6-13-24-18)14-12-17-7-3-2-4-8-17/h2-11,13,15H,12,14,16H2,1H3. The highest BCUT2D eigenvalue weighted by Crippen LogP contribution is 2.24. The lowest BCUT2D eigenvalue weighted by molar-refractivity contribution is 0.0741. The summed E-state index contributed by atoms with van der Waals surface area (Å²) >= 11 is 3.49. The van der Waals surface area contributed by atoms with E-state index in [0.29, 0.717) is 24.4 Å². The minimum absolute atomic E-state index is 0.0534. The molecule has 1 amide bonds. The number of rotatable bonds is 7. The van der Waals surface area contributed by atoms with E-state index < -0.39 is 0 Å². The summed E-state index contributed by atoms with van der Waals surface area (Å²) in [5.41, 5.74) is 2.64. The first-order valence-electron chi connectivity index (χ1n) is 8.74. The van der Waals surface area contributed by atoms with E-state index in [0.717, 1.165) is 16.6 Å². The molecule has 1 heterocycles. The van der Waals surface area contributed by atoms with Crippen LogP contribution in [0.3, 0.4) is 0 Å². The summed E-state index contributed by atoms with van der Waals surface area (Å²) in [6.45, 7) is 1.05. The van der Waals surface area contributed by atoms with Crippen molar-refractivity contribution in [2.24, 2.45) is 0 Å². The van der Waals surface area contributed by atoms with Crippen molar-refractivity contribution < 1.29 is 9.53 Å². The first kappa shape index (κ1) is 19.1.